The zero-order valence-electron chi connectivity index (χ0n) is 13.9. The topological polar surface area (TPSA) is 59.6 Å². The first-order valence-corrected chi connectivity index (χ1v) is 8.05. The smallest absolute Gasteiger partial charge is 0.193 e. The average Bonchev–Trinajstić information content (AvgIpc) is 2.50. The van der Waals surface area contributed by atoms with Crippen molar-refractivity contribution in [3.05, 3.63) is 59.4 Å². The minimum atomic E-state index is -0.317. The Morgan fingerprint density at radius 2 is 2.04 bits per heavy atom. The van der Waals surface area contributed by atoms with Gasteiger partial charge in [0, 0.05) is 5.69 Å². The van der Waals surface area contributed by atoms with Crippen LogP contribution in [0.15, 0.2) is 47.5 Å². The number of guanidine groups is 1. The molecular weight excluding hydrogens is 305 g/mol. The number of halogens is 1. The van der Waals surface area contributed by atoms with E-state index in [9.17, 15) is 4.39 Å². The zero-order valence-corrected chi connectivity index (χ0v) is 13.9. The molecule has 0 aliphatic heterocycles. The van der Waals surface area contributed by atoms with Crippen molar-refractivity contribution in [1.82, 2.24) is 0 Å². The molecule has 0 amide bonds. The SMILES string of the molecule is COc1ccc(C2CC(N=C(N)Nc3cccc(C)c3)C2)cc1F. The number of anilines is 1. The van der Waals surface area contributed by atoms with Gasteiger partial charge in [0.05, 0.1) is 13.2 Å². The van der Waals surface area contributed by atoms with Gasteiger partial charge < -0.3 is 15.8 Å². The fourth-order valence-corrected chi connectivity index (χ4v) is 3.00. The Hall–Kier alpha value is -2.56. The summed E-state index contributed by atoms with van der Waals surface area (Å²) in [7, 11) is 1.47. The minimum absolute atomic E-state index is 0.178. The summed E-state index contributed by atoms with van der Waals surface area (Å²) in [5, 5.41) is 3.11. The van der Waals surface area contributed by atoms with E-state index in [0.717, 1.165) is 29.7 Å². The summed E-state index contributed by atoms with van der Waals surface area (Å²) < 4.78 is 18.7. The molecule has 1 fully saturated rings. The summed E-state index contributed by atoms with van der Waals surface area (Å²) >= 11 is 0. The number of hydrogen-bond acceptors (Lipinski definition) is 2. The number of benzene rings is 2. The van der Waals surface area contributed by atoms with Crippen molar-refractivity contribution in [2.45, 2.75) is 31.7 Å². The first-order chi connectivity index (χ1) is 11.5. The highest BCUT2D eigenvalue weighted by Gasteiger charge is 2.30. The standard InChI is InChI=1S/C19H22FN3O/c1-12-4-3-5-15(8-12)22-19(21)23-16-9-14(10-16)13-6-7-18(24-2)17(20)11-13/h3-8,11,14,16H,9-10H2,1-2H3,(H3,21,22,23). The maximum absolute atomic E-state index is 13.8. The van der Waals surface area contributed by atoms with Crippen LogP contribution in [0.2, 0.25) is 0 Å². The third-order valence-electron chi connectivity index (χ3n) is 4.37. The zero-order chi connectivity index (χ0) is 17.1. The van der Waals surface area contributed by atoms with Crippen LogP contribution >= 0.6 is 0 Å². The third kappa shape index (κ3) is 3.67. The molecule has 0 aromatic heterocycles. The van der Waals surface area contributed by atoms with Gasteiger partial charge in [-0.2, -0.15) is 0 Å². The van der Waals surface area contributed by atoms with Gasteiger partial charge in [-0.25, -0.2) is 9.38 Å². The van der Waals surface area contributed by atoms with Crippen LogP contribution in [-0.2, 0) is 0 Å². The van der Waals surface area contributed by atoms with Crippen molar-refractivity contribution < 1.29 is 9.13 Å². The van der Waals surface area contributed by atoms with E-state index in [4.69, 9.17) is 10.5 Å². The van der Waals surface area contributed by atoms with E-state index in [-0.39, 0.29) is 17.6 Å². The monoisotopic (exact) mass is 327 g/mol. The molecule has 3 rings (SSSR count). The number of rotatable bonds is 4. The van der Waals surface area contributed by atoms with Gasteiger partial charge in [0.15, 0.2) is 17.5 Å². The number of ether oxygens (including phenoxy) is 1. The van der Waals surface area contributed by atoms with Crippen LogP contribution in [0.25, 0.3) is 0 Å². The van der Waals surface area contributed by atoms with Crippen molar-refractivity contribution >= 4 is 11.6 Å². The lowest BCUT2D eigenvalue weighted by Crippen LogP contribution is -2.31. The van der Waals surface area contributed by atoms with Gasteiger partial charge in [-0.3, -0.25) is 0 Å². The van der Waals surface area contributed by atoms with Crippen molar-refractivity contribution in [3.8, 4) is 5.75 Å². The summed E-state index contributed by atoms with van der Waals surface area (Å²) in [6.07, 6.45) is 1.75. The lowest BCUT2D eigenvalue weighted by atomic mass is 9.76. The third-order valence-corrected chi connectivity index (χ3v) is 4.37. The first-order valence-electron chi connectivity index (χ1n) is 8.05. The van der Waals surface area contributed by atoms with Gasteiger partial charge in [-0.05, 0) is 61.1 Å². The van der Waals surface area contributed by atoms with E-state index in [1.807, 2.05) is 37.3 Å². The molecule has 2 aromatic carbocycles. The Labute approximate surface area is 141 Å². The largest absolute Gasteiger partial charge is 0.494 e. The molecule has 0 atom stereocenters. The van der Waals surface area contributed by atoms with E-state index in [2.05, 4.69) is 10.3 Å². The lowest BCUT2D eigenvalue weighted by Gasteiger charge is -2.33. The molecule has 1 saturated carbocycles. The van der Waals surface area contributed by atoms with E-state index in [1.165, 1.54) is 7.11 Å². The molecular formula is C19H22FN3O. The fraction of sp³-hybridized carbons (Fsp3) is 0.316. The van der Waals surface area contributed by atoms with Crippen LogP contribution in [0.4, 0.5) is 10.1 Å². The second-order valence-electron chi connectivity index (χ2n) is 6.22. The fourth-order valence-electron chi connectivity index (χ4n) is 3.00. The van der Waals surface area contributed by atoms with Crippen LogP contribution in [0.3, 0.4) is 0 Å². The highest BCUT2D eigenvalue weighted by Crippen LogP contribution is 2.39. The van der Waals surface area contributed by atoms with Gasteiger partial charge >= 0.3 is 0 Å². The van der Waals surface area contributed by atoms with Crippen LogP contribution in [0.1, 0.15) is 29.9 Å². The molecule has 1 aliphatic carbocycles. The lowest BCUT2D eigenvalue weighted by molar-refractivity contribution is 0.349. The number of methoxy groups -OCH3 is 1. The molecule has 126 valence electrons. The maximum Gasteiger partial charge on any atom is 0.193 e. The summed E-state index contributed by atoms with van der Waals surface area (Å²) in [6, 6.07) is 13.3. The quantitative estimate of drug-likeness (QED) is 0.663. The Bertz CT molecular complexity index is 754. The van der Waals surface area contributed by atoms with Crippen LogP contribution in [-0.4, -0.2) is 19.1 Å². The molecule has 0 spiro atoms. The average molecular weight is 327 g/mol. The predicted molar refractivity (Wildman–Crippen MR) is 95.1 cm³/mol. The van der Waals surface area contributed by atoms with Crippen molar-refractivity contribution in [2.75, 3.05) is 12.4 Å². The predicted octanol–water partition coefficient (Wildman–Crippen LogP) is 3.82. The molecule has 2 aromatic rings. The second kappa shape index (κ2) is 6.91. The van der Waals surface area contributed by atoms with Crippen molar-refractivity contribution in [3.63, 3.8) is 0 Å². The van der Waals surface area contributed by atoms with Crippen LogP contribution in [0, 0.1) is 12.7 Å². The Kier molecular flexibility index (Phi) is 4.69. The van der Waals surface area contributed by atoms with Gasteiger partial charge in [-0.15, -0.1) is 0 Å². The van der Waals surface area contributed by atoms with E-state index >= 15 is 0 Å². The molecule has 1 aliphatic rings. The molecule has 5 heteroatoms. The number of nitrogens with zero attached hydrogens (tertiary/aromatic N) is 1. The summed E-state index contributed by atoms with van der Waals surface area (Å²) in [4.78, 5) is 4.50. The molecule has 0 bridgehead atoms. The second-order valence-corrected chi connectivity index (χ2v) is 6.22. The Morgan fingerprint density at radius 1 is 1.25 bits per heavy atom. The van der Waals surface area contributed by atoms with Crippen molar-refractivity contribution in [2.24, 2.45) is 10.7 Å². The van der Waals surface area contributed by atoms with Gasteiger partial charge in [0.25, 0.3) is 0 Å². The number of nitrogens with two attached hydrogens (primary N) is 1. The Balaban J connectivity index is 1.57. The molecule has 0 radical (unpaired) electrons. The van der Waals surface area contributed by atoms with Gasteiger partial charge in [0.2, 0.25) is 0 Å². The number of hydrogen-bond donors (Lipinski definition) is 2. The molecule has 0 saturated heterocycles. The first kappa shape index (κ1) is 16.3. The van der Waals surface area contributed by atoms with E-state index < -0.39 is 0 Å². The summed E-state index contributed by atoms with van der Waals surface area (Å²) in [5.74, 6) is 0.706. The molecule has 3 N–H and O–H groups in total. The molecule has 24 heavy (non-hydrogen) atoms. The highest BCUT2D eigenvalue weighted by atomic mass is 19.1. The summed E-state index contributed by atoms with van der Waals surface area (Å²) in [5.41, 5.74) is 9.06. The van der Waals surface area contributed by atoms with Gasteiger partial charge in [0.1, 0.15) is 0 Å². The number of aliphatic imine (C=N–C) groups is 1. The number of nitrogens with one attached hydrogen (secondary N) is 1. The van der Waals surface area contributed by atoms with Crippen LogP contribution < -0.4 is 15.8 Å². The van der Waals surface area contributed by atoms with Crippen LogP contribution in [0.5, 0.6) is 5.75 Å². The molecule has 4 nitrogen and oxygen atoms in total. The number of aryl methyl sites for hydroxylation is 1. The Morgan fingerprint density at radius 3 is 2.71 bits per heavy atom. The normalized spacial score (nSPS) is 20.4. The van der Waals surface area contributed by atoms with E-state index in [0.29, 0.717) is 11.9 Å². The highest BCUT2D eigenvalue weighted by molar-refractivity contribution is 5.92. The maximum atomic E-state index is 13.8. The molecule has 0 unspecified atom stereocenters. The van der Waals surface area contributed by atoms with Gasteiger partial charge in [-0.1, -0.05) is 18.2 Å². The molecule has 0 heterocycles. The summed E-state index contributed by atoms with van der Waals surface area (Å²) in [6.45, 7) is 2.03. The van der Waals surface area contributed by atoms with Crippen molar-refractivity contribution in [1.29, 1.82) is 0 Å². The van der Waals surface area contributed by atoms with E-state index in [1.54, 1.807) is 12.1 Å². The minimum Gasteiger partial charge on any atom is -0.494 e.